The molecule has 0 N–H and O–H groups in total. The Morgan fingerprint density at radius 2 is 0.303 bits per heavy atom. The summed E-state index contributed by atoms with van der Waals surface area (Å²) in [5.41, 5.74) is 19.7. The smallest absolute Gasteiger partial charge is 0.0540 e. The van der Waals surface area contributed by atoms with Gasteiger partial charge in [-0.2, -0.15) is 0 Å². The van der Waals surface area contributed by atoms with Crippen molar-refractivity contribution < 1.29 is 0 Å². The second-order valence-electron chi connectivity index (χ2n) is 18.5. The fourth-order valence-electron chi connectivity index (χ4n) is 10.3. The van der Waals surface area contributed by atoms with E-state index in [2.05, 4.69) is 347 Å². The Morgan fingerprint density at radius 3 is 0.539 bits per heavy atom. The molecule has 0 fully saturated rings. The molecule has 362 valence electrons. The largest absolute Gasteiger partial charge is 0.310 e. The molecule has 12 aromatic rings. The molecular weight excluding hydrogens is 921 g/mol. The molecule has 0 aliphatic heterocycles. The minimum atomic E-state index is 1.03. The van der Waals surface area contributed by atoms with Gasteiger partial charge in [0.15, 0.2) is 0 Å². The lowest BCUT2D eigenvalue weighted by Gasteiger charge is -2.31. The average Bonchev–Trinajstić information content (AvgIpc) is 3.52. The lowest BCUT2D eigenvalue weighted by atomic mass is 10.0. The SMILES string of the molecule is c1ccc(-c2ccccc2N(c2ccccc2)c2ccc(N(c3ccc(N(c4ccccc4)c4ccccc4-c4ccccc4)cc3)c3ccc(N(c4ccccc4)c4ccccc4-c4ccccc4)cc3)cc2)cc1. The van der Waals surface area contributed by atoms with Crippen molar-refractivity contribution in [3.63, 3.8) is 0 Å². The normalized spacial score (nSPS) is 10.9. The lowest BCUT2D eigenvalue weighted by Crippen LogP contribution is -2.14. The van der Waals surface area contributed by atoms with Gasteiger partial charge in [-0.25, -0.2) is 0 Å². The molecule has 4 heteroatoms. The van der Waals surface area contributed by atoms with Gasteiger partial charge in [0.2, 0.25) is 0 Å². The summed E-state index contributed by atoms with van der Waals surface area (Å²) in [7, 11) is 0. The summed E-state index contributed by atoms with van der Waals surface area (Å²) in [6.07, 6.45) is 0. The third kappa shape index (κ3) is 9.74. The first-order valence-electron chi connectivity index (χ1n) is 25.8. The number of para-hydroxylation sites is 6. The van der Waals surface area contributed by atoms with Crippen LogP contribution in [0.2, 0.25) is 0 Å². The fraction of sp³-hybridized carbons (Fsp3) is 0. The van der Waals surface area contributed by atoms with Crippen molar-refractivity contribution in [1.82, 2.24) is 0 Å². The van der Waals surface area contributed by atoms with Crippen LogP contribution in [0.5, 0.6) is 0 Å². The molecule has 12 rings (SSSR count). The number of hydrogen-bond donors (Lipinski definition) is 0. The van der Waals surface area contributed by atoms with Crippen LogP contribution in [0.3, 0.4) is 0 Å². The average molecular weight is 975 g/mol. The van der Waals surface area contributed by atoms with Crippen molar-refractivity contribution in [2.75, 3.05) is 19.6 Å². The summed E-state index contributed by atoms with van der Waals surface area (Å²) in [6, 6.07) is 117. The summed E-state index contributed by atoms with van der Waals surface area (Å²) >= 11 is 0. The Bertz CT molecular complexity index is 3380. The Morgan fingerprint density at radius 1 is 0.132 bits per heavy atom. The molecule has 76 heavy (non-hydrogen) atoms. The van der Waals surface area contributed by atoms with Crippen molar-refractivity contribution >= 4 is 68.2 Å². The monoisotopic (exact) mass is 974 g/mol. The maximum Gasteiger partial charge on any atom is 0.0540 e. The Hall–Kier alpha value is -10.2. The van der Waals surface area contributed by atoms with E-state index in [9.17, 15) is 0 Å². The molecule has 0 bridgehead atoms. The highest BCUT2D eigenvalue weighted by molar-refractivity contribution is 5.92. The molecule has 0 atom stereocenters. The van der Waals surface area contributed by atoms with Gasteiger partial charge in [-0.3, -0.25) is 0 Å². The van der Waals surface area contributed by atoms with Crippen molar-refractivity contribution in [2.45, 2.75) is 0 Å². The van der Waals surface area contributed by atoms with Gasteiger partial charge >= 0.3 is 0 Å². The summed E-state index contributed by atoms with van der Waals surface area (Å²) in [5, 5.41) is 0. The molecular formula is C72H54N4. The van der Waals surface area contributed by atoms with Crippen LogP contribution in [-0.4, -0.2) is 0 Å². The zero-order chi connectivity index (χ0) is 50.9. The third-order valence-corrected chi connectivity index (χ3v) is 13.8. The Labute approximate surface area is 446 Å². The van der Waals surface area contributed by atoms with E-state index in [0.29, 0.717) is 0 Å². The van der Waals surface area contributed by atoms with Crippen molar-refractivity contribution in [3.05, 3.63) is 328 Å². The van der Waals surface area contributed by atoms with E-state index in [1.165, 1.54) is 0 Å². The number of nitrogens with zero attached hydrogens (tertiary/aromatic N) is 4. The van der Waals surface area contributed by atoms with E-state index in [-0.39, 0.29) is 0 Å². The minimum absolute atomic E-state index is 1.03. The standard InChI is InChI=1S/C72H54N4/c1-7-25-55(26-8-1)67-37-19-22-40-70(67)74(58-31-13-4-14-32-58)64-49-43-61(44-50-64)73(62-45-51-65(52-46-62)75(59-33-15-5-16-34-59)71-41-23-20-38-68(71)56-27-9-2-10-28-56)63-47-53-66(54-48-63)76(60-35-17-6-18-36-60)72-42-24-21-39-69(72)57-29-11-3-12-30-57/h1-54H. The highest BCUT2D eigenvalue weighted by Gasteiger charge is 2.22. The lowest BCUT2D eigenvalue weighted by molar-refractivity contribution is 1.24. The Balaban J connectivity index is 0.982. The predicted octanol–water partition coefficient (Wildman–Crippen LogP) is 20.6. The molecule has 0 unspecified atom stereocenters. The first-order valence-corrected chi connectivity index (χ1v) is 25.8. The second kappa shape index (κ2) is 21.9. The third-order valence-electron chi connectivity index (χ3n) is 13.8. The summed E-state index contributed by atoms with van der Waals surface area (Å²) in [5.74, 6) is 0. The van der Waals surface area contributed by atoms with Gasteiger partial charge in [0, 0.05) is 67.9 Å². The number of benzene rings is 12. The minimum Gasteiger partial charge on any atom is -0.310 e. The van der Waals surface area contributed by atoms with Gasteiger partial charge in [-0.15, -0.1) is 0 Å². The molecule has 0 radical (unpaired) electrons. The topological polar surface area (TPSA) is 13.0 Å². The van der Waals surface area contributed by atoms with Crippen LogP contribution < -0.4 is 19.6 Å². The molecule has 0 saturated heterocycles. The molecule has 0 aliphatic carbocycles. The van der Waals surface area contributed by atoms with Crippen molar-refractivity contribution in [1.29, 1.82) is 0 Å². The molecule has 0 amide bonds. The van der Waals surface area contributed by atoms with E-state index in [0.717, 1.165) is 102 Å². The van der Waals surface area contributed by atoms with Crippen LogP contribution in [0.1, 0.15) is 0 Å². The van der Waals surface area contributed by atoms with Gasteiger partial charge in [-0.05, 0) is 144 Å². The molecule has 0 aromatic heterocycles. The number of hydrogen-bond acceptors (Lipinski definition) is 4. The number of anilines is 12. The van der Waals surface area contributed by atoms with Crippen LogP contribution in [0.4, 0.5) is 68.2 Å². The Kier molecular flexibility index (Phi) is 13.5. The van der Waals surface area contributed by atoms with Gasteiger partial charge in [0.25, 0.3) is 0 Å². The fourth-order valence-corrected chi connectivity index (χ4v) is 10.3. The summed E-state index contributed by atoms with van der Waals surface area (Å²) in [6.45, 7) is 0. The first kappa shape index (κ1) is 46.9. The van der Waals surface area contributed by atoms with Crippen LogP contribution in [-0.2, 0) is 0 Å². The summed E-state index contributed by atoms with van der Waals surface area (Å²) in [4.78, 5) is 9.43. The molecule has 0 saturated carbocycles. The van der Waals surface area contributed by atoms with E-state index in [1.807, 2.05) is 0 Å². The van der Waals surface area contributed by atoms with Gasteiger partial charge in [0.05, 0.1) is 17.1 Å². The molecule has 0 spiro atoms. The first-order chi connectivity index (χ1) is 37.7. The van der Waals surface area contributed by atoms with Crippen LogP contribution in [0.15, 0.2) is 328 Å². The predicted molar refractivity (Wildman–Crippen MR) is 321 cm³/mol. The van der Waals surface area contributed by atoms with Gasteiger partial charge in [0.1, 0.15) is 0 Å². The summed E-state index contributed by atoms with van der Waals surface area (Å²) < 4.78 is 0. The molecule has 12 aromatic carbocycles. The highest BCUT2D eigenvalue weighted by atomic mass is 15.2. The quantitative estimate of drug-likeness (QED) is 0.101. The van der Waals surface area contributed by atoms with Crippen molar-refractivity contribution in [3.8, 4) is 33.4 Å². The van der Waals surface area contributed by atoms with E-state index in [1.54, 1.807) is 0 Å². The van der Waals surface area contributed by atoms with Crippen molar-refractivity contribution in [2.24, 2.45) is 0 Å². The van der Waals surface area contributed by atoms with Crippen LogP contribution in [0, 0.1) is 0 Å². The zero-order valence-corrected chi connectivity index (χ0v) is 42.0. The van der Waals surface area contributed by atoms with Gasteiger partial charge in [-0.1, -0.05) is 200 Å². The zero-order valence-electron chi connectivity index (χ0n) is 42.0. The van der Waals surface area contributed by atoms with Gasteiger partial charge < -0.3 is 19.6 Å². The van der Waals surface area contributed by atoms with E-state index in [4.69, 9.17) is 0 Å². The van der Waals surface area contributed by atoms with E-state index < -0.39 is 0 Å². The molecule has 0 heterocycles. The second-order valence-corrected chi connectivity index (χ2v) is 18.5. The number of rotatable bonds is 15. The van der Waals surface area contributed by atoms with Crippen LogP contribution in [0.25, 0.3) is 33.4 Å². The van der Waals surface area contributed by atoms with E-state index >= 15 is 0 Å². The maximum atomic E-state index is 2.36. The maximum absolute atomic E-state index is 2.36. The molecule has 0 aliphatic rings. The highest BCUT2D eigenvalue weighted by Crippen LogP contribution is 2.46. The molecule has 4 nitrogen and oxygen atoms in total. The van der Waals surface area contributed by atoms with Crippen LogP contribution >= 0.6 is 0 Å².